The lowest BCUT2D eigenvalue weighted by Gasteiger charge is -2.32. The molecule has 0 saturated carbocycles. The van der Waals surface area contributed by atoms with Crippen molar-refractivity contribution in [1.29, 1.82) is 0 Å². The number of nitrogens with one attached hydrogen (secondary N) is 1. The third kappa shape index (κ3) is 3.28. The monoisotopic (exact) mass is 356 g/mol. The molecule has 0 aromatic carbocycles. The Labute approximate surface area is 149 Å². The zero-order chi connectivity index (χ0) is 17.2. The fraction of sp³-hybridized carbons (Fsp3) is 0.294. The Morgan fingerprint density at radius 1 is 1.12 bits per heavy atom. The van der Waals surface area contributed by atoms with Crippen molar-refractivity contribution in [3.63, 3.8) is 0 Å². The first kappa shape index (κ1) is 15.8. The fourth-order valence-electron chi connectivity index (χ4n) is 3.11. The van der Waals surface area contributed by atoms with Crippen LogP contribution in [0.15, 0.2) is 42.6 Å². The van der Waals surface area contributed by atoms with Gasteiger partial charge in [-0.25, -0.2) is 4.52 Å². The minimum Gasteiger partial charge on any atom is -0.355 e. The van der Waals surface area contributed by atoms with E-state index in [1.54, 1.807) is 22.8 Å². The molecule has 4 rings (SSSR count). The van der Waals surface area contributed by atoms with Crippen LogP contribution in [-0.4, -0.2) is 44.8 Å². The first-order valence-electron chi connectivity index (χ1n) is 8.18. The Morgan fingerprint density at radius 2 is 1.96 bits per heavy atom. The van der Waals surface area contributed by atoms with Gasteiger partial charge in [0.05, 0.1) is 11.7 Å². The van der Waals surface area contributed by atoms with Crippen molar-refractivity contribution in [3.8, 4) is 0 Å². The van der Waals surface area contributed by atoms with E-state index < -0.39 is 0 Å². The summed E-state index contributed by atoms with van der Waals surface area (Å²) in [6.45, 7) is 1.63. The number of carbonyl (C=O) groups excluding carboxylic acids is 1. The lowest BCUT2D eigenvalue weighted by Crippen LogP contribution is -2.45. The summed E-state index contributed by atoms with van der Waals surface area (Å²) < 4.78 is 1.66. The Bertz CT molecular complexity index is 886. The molecule has 0 spiro atoms. The molecule has 0 aliphatic carbocycles. The van der Waals surface area contributed by atoms with Gasteiger partial charge in [0.2, 0.25) is 0 Å². The maximum Gasteiger partial charge on any atom is 0.270 e. The normalized spacial score (nSPS) is 15.5. The molecule has 1 saturated heterocycles. The highest BCUT2D eigenvalue weighted by atomic mass is 35.5. The Morgan fingerprint density at radius 3 is 2.72 bits per heavy atom. The van der Waals surface area contributed by atoms with Crippen LogP contribution >= 0.6 is 11.6 Å². The van der Waals surface area contributed by atoms with Crippen molar-refractivity contribution in [2.24, 2.45) is 0 Å². The third-order valence-electron chi connectivity index (χ3n) is 4.43. The summed E-state index contributed by atoms with van der Waals surface area (Å²) >= 11 is 5.78. The van der Waals surface area contributed by atoms with Crippen LogP contribution in [0, 0.1) is 0 Å². The van der Waals surface area contributed by atoms with E-state index in [1.165, 1.54) is 0 Å². The number of pyridine rings is 1. The molecule has 1 fully saturated rings. The van der Waals surface area contributed by atoms with Crippen molar-refractivity contribution in [1.82, 2.24) is 25.1 Å². The van der Waals surface area contributed by atoms with Crippen LogP contribution < -0.4 is 10.2 Å². The number of anilines is 1. The molecule has 8 heteroatoms. The van der Waals surface area contributed by atoms with E-state index in [4.69, 9.17) is 11.6 Å². The molecule has 1 N–H and O–H groups in total. The van der Waals surface area contributed by atoms with E-state index in [1.807, 2.05) is 24.3 Å². The fourth-order valence-corrected chi connectivity index (χ4v) is 3.21. The van der Waals surface area contributed by atoms with E-state index in [2.05, 4.69) is 25.5 Å². The summed E-state index contributed by atoms with van der Waals surface area (Å²) in [6.07, 6.45) is 3.40. The van der Waals surface area contributed by atoms with Gasteiger partial charge in [-0.2, -0.15) is 5.10 Å². The predicted octanol–water partition coefficient (Wildman–Crippen LogP) is 2.18. The second-order valence-corrected chi connectivity index (χ2v) is 6.42. The second kappa shape index (κ2) is 6.68. The number of halogens is 1. The molecule has 0 radical (unpaired) electrons. The Kier molecular flexibility index (Phi) is 4.23. The van der Waals surface area contributed by atoms with Gasteiger partial charge in [0, 0.05) is 19.1 Å². The molecule has 4 heterocycles. The molecule has 3 aromatic heterocycles. The average molecular weight is 357 g/mol. The maximum absolute atomic E-state index is 12.6. The van der Waals surface area contributed by atoms with Crippen molar-refractivity contribution in [3.05, 3.63) is 53.4 Å². The summed E-state index contributed by atoms with van der Waals surface area (Å²) in [5.74, 6) is 0.717. The number of amides is 1. The molecular weight excluding hydrogens is 340 g/mol. The molecule has 0 unspecified atom stereocenters. The van der Waals surface area contributed by atoms with Crippen LogP contribution in [0.1, 0.15) is 23.3 Å². The van der Waals surface area contributed by atoms with Crippen molar-refractivity contribution < 1.29 is 4.79 Å². The van der Waals surface area contributed by atoms with Gasteiger partial charge < -0.3 is 10.2 Å². The van der Waals surface area contributed by atoms with Gasteiger partial charge >= 0.3 is 0 Å². The summed E-state index contributed by atoms with van der Waals surface area (Å²) in [7, 11) is 0. The van der Waals surface area contributed by atoms with Gasteiger partial charge in [-0.1, -0.05) is 17.7 Å². The highest BCUT2D eigenvalue weighted by Crippen LogP contribution is 2.18. The standard InChI is InChI=1S/C17H17ClN6O/c18-15-4-5-16(22-21-15)23-10-7-12(8-11-23)20-17(25)14-3-1-2-13-6-9-19-24(13)14/h1-6,9,12H,7-8,10-11H2,(H,20,25). The van der Waals surface area contributed by atoms with E-state index in [9.17, 15) is 4.79 Å². The van der Waals surface area contributed by atoms with Crippen LogP contribution in [0.2, 0.25) is 5.15 Å². The van der Waals surface area contributed by atoms with Gasteiger partial charge in [-0.3, -0.25) is 4.79 Å². The van der Waals surface area contributed by atoms with E-state index >= 15 is 0 Å². The topological polar surface area (TPSA) is 75.4 Å². The molecule has 1 amide bonds. The lowest BCUT2D eigenvalue weighted by atomic mass is 10.0. The summed E-state index contributed by atoms with van der Waals surface area (Å²) in [6, 6.07) is 11.2. The molecule has 7 nitrogen and oxygen atoms in total. The molecular formula is C17H17ClN6O. The third-order valence-corrected chi connectivity index (χ3v) is 4.63. The Balaban J connectivity index is 1.39. The van der Waals surface area contributed by atoms with Gasteiger partial charge in [0.25, 0.3) is 5.91 Å². The molecule has 25 heavy (non-hydrogen) atoms. The second-order valence-electron chi connectivity index (χ2n) is 6.03. The molecule has 0 bridgehead atoms. The summed E-state index contributed by atoms with van der Waals surface area (Å²) in [4.78, 5) is 14.7. The maximum atomic E-state index is 12.6. The molecule has 1 aliphatic rings. The highest BCUT2D eigenvalue weighted by Gasteiger charge is 2.23. The number of fused-ring (bicyclic) bond motifs is 1. The van der Waals surface area contributed by atoms with Crippen molar-refractivity contribution in [2.75, 3.05) is 18.0 Å². The SMILES string of the molecule is O=C(NC1CCN(c2ccc(Cl)nn2)CC1)c1cccc2ccnn12. The van der Waals surface area contributed by atoms with Gasteiger partial charge in [-0.05, 0) is 43.2 Å². The average Bonchev–Trinajstić information content (AvgIpc) is 3.12. The first-order chi connectivity index (χ1) is 12.2. The minimum atomic E-state index is -0.0981. The number of carbonyl (C=O) groups is 1. The van der Waals surface area contributed by atoms with Gasteiger partial charge in [-0.15, -0.1) is 10.2 Å². The number of piperidine rings is 1. The molecule has 1 aliphatic heterocycles. The molecule has 128 valence electrons. The number of rotatable bonds is 3. The van der Waals surface area contributed by atoms with Crippen LogP contribution in [0.5, 0.6) is 0 Å². The lowest BCUT2D eigenvalue weighted by molar-refractivity contribution is 0.0923. The van der Waals surface area contributed by atoms with Crippen molar-refractivity contribution >= 4 is 28.8 Å². The number of aromatic nitrogens is 4. The number of nitrogens with zero attached hydrogens (tertiary/aromatic N) is 5. The zero-order valence-corrected chi connectivity index (χ0v) is 14.2. The number of hydrogen-bond donors (Lipinski definition) is 1. The van der Waals surface area contributed by atoms with Crippen LogP contribution in [0.4, 0.5) is 5.82 Å². The predicted molar refractivity (Wildman–Crippen MR) is 94.9 cm³/mol. The quantitative estimate of drug-likeness (QED) is 0.778. The number of hydrogen-bond acceptors (Lipinski definition) is 5. The van der Waals surface area contributed by atoms with Crippen LogP contribution in [-0.2, 0) is 0 Å². The van der Waals surface area contributed by atoms with Gasteiger partial charge in [0.1, 0.15) is 5.69 Å². The van der Waals surface area contributed by atoms with Crippen molar-refractivity contribution in [2.45, 2.75) is 18.9 Å². The van der Waals surface area contributed by atoms with Crippen LogP contribution in [0.3, 0.4) is 0 Å². The van der Waals surface area contributed by atoms with E-state index in [0.717, 1.165) is 37.3 Å². The summed E-state index contributed by atoms with van der Waals surface area (Å²) in [5, 5.41) is 15.7. The largest absolute Gasteiger partial charge is 0.355 e. The smallest absolute Gasteiger partial charge is 0.270 e. The Hall–Kier alpha value is -2.67. The van der Waals surface area contributed by atoms with Gasteiger partial charge in [0.15, 0.2) is 11.0 Å². The first-order valence-corrected chi connectivity index (χ1v) is 8.56. The van der Waals surface area contributed by atoms with E-state index in [0.29, 0.717) is 10.8 Å². The molecule has 0 atom stereocenters. The highest BCUT2D eigenvalue weighted by molar-refractivity contribution is 6.29. The van der Waals surface area contributed by atoms with E-state index in [-0.39, 0.29) is 11.9 Å². The minimum absolute atomic E-state index is 0.0981. The zero-order valence-electron chi connectivity index (χ0n) is 13.5. The summed E-state index contributed by atoms with van der Waals surface area (Å²) in [5.41, 5.74) is 1.46. The molecule has 3 aromatic rings. The van der Waals surface area contributed by atoms with Crippen LogP contribution in [0.25, 0.3) is 5.52 Å².